The zero-order valence-corrected chi connectivity index (χ0v) is 52.1. The Hall–Kier alpha value is -3.67. The van der Waals surface area contributed by atoms with Gasteiger partial charge in [-0.1, -0.05) is 304 Å². The molecule has 0 amide bonds. The van der Waals surface area contributed by atoms with Crippen LogP contribution in [0.25, 0.3) is 0 Å². The molecule has 0 aromatic heterocycles. The number of hydrogen-bond donors (Lipinski definition) is 0. The molecule has 1 unspecified atom stereocenters. The molecule has 0 aliphatic heterocycles. The van der Waals surface area contributed by atoms with Crippen LogP contribution in [0.1, 0.15) is 329 Å². The van der Waals surface area contributed by atoms with E-state index in [1.165, 1.54) is 180 Å². The van der Waals surface area contributed by atoms with Crippen molar-refractivity contribution in [1.29, 1.82) is 0 Å². The second-order valence-corrected chi connectivity index (χ2v) is 22.4. The van der Waals surface area contributed by atoms with E-state index in [4.69, 9.17) is 14.2 Å². The van der Waals surface area contributed by atoms with E-state index in [1.807, 2.05) is 0 Å². The first kappa shape index (κ1) is 75.3. The van der Waals surface area contributed by atoms with Crippen LogP contribution in [0.15, 0.2) is 97.2 Å². The standard InChI is InChI=1S/C73H126O6/c1-4-7-10-13-16-18-20-22-24-26-28-30-32-34-35-36-37-39-40-42-44-46-48-50-52-54-57-60-63-66-72(75)78-69-70(68-77-71(74)65-62-59-56-15-12-9-6-3)79-73(76)67-64-61-58-55-53-51-49-47-45-43-41-38-33-31-29-27-25-23-21-19-17-14-11-8-5-2/h7,10,16,18,22,24,27-30,34-35,37,39,42,44,70H,4-6,8-9,11-15,17,19-21,23,25-26,31-33,36,38,40-41,43,45-69H2,1-3H3/b10-7-,18-16-,24-22-,29-27-,30-28-,35-34-,39-37-,44-42-. The number of unbranched alkanes of at least 4 members (excludes halogenated alkanes) is 34. The maximum atomic E-state index is 12.9. The summed E-state index contributed by atoms with van der Waals surface area (Å²) < 4.78 is 16.9. The predicted molar refractivity (Wildman–Crippen MR) is 344 cm³/mol. The zero-order chi connectivity index (χ0) is 57.1. The molecular formula is C73H126O6. The van der Waals surface area contributed by atoms with E-state index in [9.17, 15) is 14.4 Å². The number of carbonyl (C=O) groups is 3. The van der Waals surface area contributed by atoms with Gasteiger partial charge in [0.05, 0.1) is 0 Å². The predicted octanol–water partition coefficient (Wildman–Crippen LogP) is 23.2. The molecule has 0 rings (SSSR count). The lowest BCUT2D eigenvalue weighted by Crippen LogP contribution is -2.30. The summed E-state index contributed by atoms with van der Waals surface area (Å²) in [4.78, 5) is 38.1. The molecule has 1 atom stereocenters. The van der Waals surface area contributed by atoms with Crippen molar-refractivity contribution in [2.75, 3.05) is 13.2 Å². The highest BCUT2D eigenvalue weighted by Crippen LogP contribution is 2.17. The second kappa shape index (κ2) is 66.8. The summed E-state index contributed by atoms with van der Waals surface area (Å²) in [6, 6.07) is 0. The van der Waals surface area contributed by atoms with Gasteiger partial charge in [-0.25, -0.2) is 0 Å². The highest BCUT2D eigenvalue weighted by Gasteiger charge is 2.19. The van der Waals surface area contributed by atoms with Gasteiger partial charge >= 0.3 is 17.9 Å². The van der Waals surface area contributed by atoms with E-state index < -0.39 is 6.10 Å². The van der Waals surface area contributed by atoms with Gasteiger partial charge in [0.25, 0.3) is 0 Å². The van der Waals surface area contributed by atoms with Crippen molar-refractivity contribution >= 4 is 17.9 Å². The molecule has 0 aromatic carbocycles. The summed E-state index contributed by atoms with van der Waals surface area (Å²) in [5.41, 5.74) is 0. The molecule has 0 aliphatic carbocycles. The maximum Gasteiger partial charge on any atom is 0.306 e. The summed E-state index contributed by atoms with van der Waals surface area (Å²) in [6.45, 7) is 6.50. The normalized spacial score (nSPS) is 12.7. The lowest BCUT2D eigenvalue weighted by molar-refractivity contribution is -0.167. The minimum absolute atomic E-state index is 0.0787. The topological polar surface area (TPSA) is 78.9 Å². The summed E-state index contributed by atoms with van der Waals surface area (Å²) >= 11 is 0. The Balaban J connectivity index is 4.14. The first-order valence-electron chi connectivity index (χ1n) is 33.7. The SMILES string of the molecule is CC/C=C\C/C=C\C/C=C\C/C=C\C/C=C\C/C=C\C/C=C\CCCCCCCCCC(=O)OCC(COC(=O)CCCCCCCCC)OC(=O)CCCCCCCCCCCCCCC/C=C\CCCCCCCCCC. The lowest BCUT2D eigenvalue weighted by atomic mass is 10.0. The maximum absolute atomic E-state index is 12.9. The molecule has 0 aliphatic rings. The molecule has 6 heteroatoms. The van der Waals surface area contributed by atoms with Gasteiger partial charge in [0, 0.05) is 19.3 Å². The molecule has 0 aromatic rings. The van der Waals surface area contributed by atoms with Crippen molar-refractivity contribution in [1.82, 2.24) is 0 Å². The highest BCUT2D eigenvalue weighted by molar-refractivity contribution is 5.71. The molecule has 0 saturated heterocycles. The molecule has 0 radical (unpaired) electrons. The number of rotatable bonds is 61. The number of esters is 3. The molecular weight excluding hydrogens is 973 g/mol. The molecule has 0 spiro atoms. The lowest BCUT2D eigenvalue weighted by Gasteiger charge is -2.18. The van der Waals surface area contributed by atoms with Crippen LogP contribution in [0.4, 0.5) is 0 Å². The van der Waals surface area contributed by atoms with E-state index in [2.05, 4.69) is 118 Å². The fourth-order valence-electron chi connectivity index (χ4n) is 9.54. The number of carbonyl (C=O) groups excluding carboxylic acids is 3. The smallest absolute Gasteiger partial charge is 0.306 e. The number of ether oxygens (including phenoxy) is 3. The Bertz CT molecular complexity index is 1540. The molecule has 454 valence electrons. The van der Waals surface area contributed by atoms with Crippen molar-refractivity contribution in [3.63, 3.8) is 0 Å². The highest BCUT2D eigenvalue weighted by atomic mass is 16.6. The fourth-order valence-corrected chi connectivity index (χ4v) is 9.54. The van der Waals surface area contributed by atoms with Gasteiger partial charge in [-0.3, -0.25) is 14.4 Å². The van der Waals surface area contributed by atoms with E-state index >= 15 is 0 Å². The second-order valence-electron chi connectivity index (χ2n) is 22.4. The van der Waals surface area contributed by atoms with Crippen LogP contribution in [0.5, 0.6) is 0 Å². The molecule has 79 heavy (non-hydrogen) atoms. The van der Waals surface area contributed by atoms with Gasteiger partial charge in [-0.15, -0.1) is 0 Å². The quantitative estimate of drug-likeness (QED) is 0.0261. The fraction of sp³-hybridized carbons (Fsp3) is 0.740. The van der Waals surface area contributed by atoms with Gasteiger partial charge in [-0.05, 0) is 103 Å². The Morgan fingerprint density at radius 1 is 0.266 bits per heavy atom. The van der Waals surface area contributed by atoms with Gasteiger partial charge in [0.2, 0.25) is 0 Å². The summed E-state index contributed by atoms with van der Waals surface area (Å²) in [6.07, 6.45) is 90.2. The minimum Gasteiger partial charge on any atom is -0.462 e. The van der Waals surface area contributed by atoms with E-state index in [-0.39, 0.29) is 31.1 Å². The van der Waals surface area contributed by atoms with Crippen LogP contribution < -0.4 is 0 Å². The Labute approximate surface area is 489 Å². The van der Waals surface area contributed by atoms with Crippen molar-refractivity contribution in [3.05, 3.63) is 97.2 Å². The van der Waals surface area contributed by atoms with Crippen LogP contribution in [0.2, 0.25) is 0 Å². The molecule has 0 saturated carbocycles. The molecule has 0 bridgehead atoms. The van der Waals surface area contributed by atoms with E-state index in [0.717, 1.165) is 109 Å². The Morgan fingerprint density at radius 2 is 0.494 bits per heavy atom. The van der Waals surface area contributed by atoms with Crippen molar-refractivity contribution < 1.29 is 28.6 Å². The third-order valence-electron chi connectivity index (χ3n) is 14.6. The third-order valence-corrected chi connectivity index (χ3v) is 14.6. The van der Waals surface area contributed by atoms with Gasteiger partial charge in [0.1, 0.15) is 13.2 Å². The molecule has 0 heterocycles. The number of allylic oxidation sites excluding steroid dienone is 16. The van der Waals surface area contributed by atoms with Gasteiger partial charge in [0.15, 0.2) is 6.10 Å². The molecule has 0 N–H and O–H groups in total. The van der Waals surface area contributed by atoms with E-state index in [0.29, 0.717) is 19.3 Å². The molecule has 0 fully saturated rings. The largest absolute Gasteiger partial charge is 0.462 e. The Kier molecular flexibility index (Phi) is 63.7. The van der Waals surface area contributed by atoms with Crippen LogP contribution in [-0.4, -0.2) is 37.2 Å². The van der Waals surface area contributed by atoms with E-state index in [1.54, 1.807) is 0 Å². The van der Waals surface area contributed by atoms with Crippen LogP contribution in [0, 0.1) is 0 Å². The monoisotopic (exact) mass is 1100 g/mol. The first-order chi connectivity index (χ1) is 39.0. The minimum atomic E-state index is -0.780. The summed E-state index contributed by atoms with van der Waals surface area (Å²) in [7, 11) is 0. The summed E-state index contributed by atoms with van der Waals surface area (Å²) in [5.74, 6) is -0.886. The zero-order valence-electron chi connectivity index (χ0n) is 52.1. The number of hydrogen-bond acceptors (Lipinski definition) is 6. The van der Waals surface area contributed by atoms with Crippen molar-refractivity contribution in [3.8, 4) is 0 Å². The van der Waals surface area contributed by atoms with Crippen LogP contribution >= 0.6 is 0 Å². The van der Waals surface area contributed by atoms with Crippen LogP contribution in [0.3, 0.4) is 0 Å². The van der Waals surface area contributed by atoms with Crippen molar-refractivity contribution in [2.45, 2.75) is 335 Å². The van der Waals surface area contributed by atoms with Crippen LogP contribution in [-0.2, 0) is 28.6 Å². The average molecular weight is 1100 g/mol. The average Bonchev–Trinajstić information content (AvgIpc) is 3.45. The van der Waals surface area contributed by atoms with Gasteiger partial charge < -0.3 is 14.2 Å². The van der Waals surface area contributed by atoms with Crippen molar-refractivity contribution in [2.24, 2.45) is 0 Å². The van der Waals surface area contributed by atoms with Gasteiger partial charge in [-0.2, -0.15) is 0 Å². The Morgan fingerprint density at radius 3 is 0.785 bits per heavy atom. The third kappa shape index (κ3) is 65.0. The molecule has 6 nitrogen and oxygen atoms in total. The first-order valence-corrected chi connectivity index (χ1v) is 33.7. The summed E-state index contributed by atoms with van der Waals surface area (Å²) in [5, 5.41) is 0.